The van der Waals surface area contributed by atoms with Crippen molar-refractivity contribution in [2.45, 2.75) is 12.5 Å². The molecular weight excluding hydrogens is 243 g/mol. The van der Waals surface area contributed by atoms with Gasteiger partial charge in [-0.3, -0.25) is 9.48 Å². The molecule has 1 atom stereocenters. The molecule has 1 aromatic heterocycles. The Morgan fingerprint density at radius 3 is 2.67 bits per heavy atom. The summed E-state index contributed by atoms with van der Waals surface area (Å²) in [7, 11) is 3.05. The highest BCUT2D eigenvalue weighted by Gasteiger charge is 2.15. The Balaban J connectivity index is 0. The van der Waals surface area contributed by atoms with Crippen LogP contribution in [0, 0.1) is 0 Å². The quantitative estimate of drug-likeness (QED) is 0.752. The number of nitrogens with zero attached hydrogens (tertiary/aromatic N) is 3. The Morgan fingerprint density at radius 1 is 1.67 bits per heavy atom. The number of rotatable bonds is 3. The average Bonchev–Trinajstić information content (AvgIpc) is 2.49. The highest BCUT2D eigenvalue weighted by atomic mass is 35.5. The van der Waals surface area contributed by atoms with Crippen LogP contribution in [0.15, 0.2) is 6.20 Å². The first-order chi connectivity index (χ1) is 6.13. The van der Waals surface area contributed by atoms with Crippen LogP contribution in [0.1, 0.15) is 5.69 Å². The topological polar surface area (TPSA) is 83.0 Å². The molecule has 0 amide bonds. The highest BCUT2D eigenvalue weighted by Crippen LogP contribution is 1.97. The fraction of sp³-hybridized carbons (Fsp3) is 0.571. The molecule has 0 bridgehead atoms. The van der Waals surface area contributed by atoms with Gasteiger partial charge in [-0.05, 0) is 0 Å². The fourth-order valence-corrected chi connectivity index (χ4v) is 0.949. The van der Waals surface area contributed by atoms with Gasteiger partial charge in [0, 0.05) is 19.7 Å². The van der Waals surface area contributed by atoms with Gasteiger partial charge in [0.2, 0.25) is 0 Å². The first kappa shape index (κ1) is 16.6. The number of hydrogen-bond donors (Lipinski definition) is 1. The van der Waals surface area contributed by atoms with Crippen molar-refractivity contribution in [2.24, 2.45) is 12.8 Å². The predicted molar refractivity (Wildman–Crippen MR) is 59.2 cm³/mol. The zero-order valence-electron chi connectivity index (χ0n) is 8.41. The van der Waals surface area contributed by atoms with Crippen LogP contribution < -0.4 is 5.73 Å². The Morgan fingerprint density at radius 2 is 2.27 bits per heavy atom. The standard InChI is InChI=1S/C7H12N4O2.2ClH/c1-11-4-5(9-10-11)3-6(8)7(12)13-2;;/h4,6H,3,8H2,1-2H3;2*1H. The molecule has 15 heavy (non-hydrogen) atoms. The van der Waals surface area contributed by atoms with E-state index >= 15 is 0 Å². The van der Waals surface area contributed by atoms with Crippen molar-refractivity contribution in [1.82, 2.24) is 15.0 Å². The van der Waals surface area contributed by atoms with Crippen molar-refractivity contribution in [2.75, 3.05) is 7.11 Å². The number of halogens is 2. The fourth-order valence-electron chi connectivity index (χ4n) is 0.949. The summed E-state index contributed by atoms with van der Waals surface area (Å²) in [6.45, 7) is 0. The molecule has 0 fully saturated rings. The largest absolute Gasteiger partial charge is 0.468 e. The van der Waals surface area contributed by atoms with Crippen molar-refractivity contribution >= 4 is 30.8 Å². The van der Waals surface area contributed by atoms with Gasteiger partial charge in [-0.25, -0.2) is 0 Å². The van der Waals surface area contributed by atoms with Crippen LogP contribution in [0.25, 0.3) is 0 Å². The Hall–Kier alpha value is -0.850. The van der Waals surface area contributed by atoms with Crippen molar-refractivity contribution in [3.8, 4) is 0 Å². The number of carbonyl (C=O) groups is 1. The molecule has 1 rings (SSSR count). The number of hydrogen-bond acceptors (Lipinski definition) is 5. The number of carbonyl (C=O) groups excluding carboxylic acids is 1. The second-order valence-corrected chi connectivity index (χ2v) is 2.72. The van der Waals surface area contributed by atoms with Crippen molar-refractivity contribution in [3.63, 3.8) is 0 Å². The minimum Gasteiger partial charge on any atom is -0.468 e. The second-order valence-electron chi connectivity index (χ2n) is 2.72. The van der Waals surface area contributed by atoms with Gasteiger partial charge in [0.15, 0.2) is 0 Å². The predicted octanol–water partition coefficient (Wildman–Crippen LogP) is -0.299. The monoisotopic (exact) mass is 256 g/mol. The average molecular weight is 257 g/mol. The molecule has 1 aromatic rings. The summed E-state index contributed by atoms with van der Waals surface area (Å²) in [4.78, 5) is 10.9. The number of esters is 1. The summed E-state index contributed by atoms with van der Waals surface area (Å²) in [5.41, 5.74) is 6.20. The lowest BCUT2D eigenvalue weighted by Crippen LogP contribution is -2.33. The van der Waals surface area contributed by atoms with E-state index in [1.165, 1.54) is 7.11 Å². The van der Waals surface area contributed by atoms with Crippen molar-refractivity contribution < 1.29 is 9.53 Å². The lowest BCUT2D eigenvalue weighted by Gasteiger charge is -2.05. The summed E-state index contributed by atoms with van der Waals surface area (Å²) >= 11 is 0. The second kappa shape index (κ2) is 7.44. The molecule has 0 aromatic carbocycles. The SMILES string of the molecule is COC(=O)C(N)Cc1cn(C)nn1.Cl.Cl. The normalized spacial score (nSPS) is 10.9. The van der Waals surface area contributed by atoms with Crippen LogP contribution in [-0.4, -0.2) is 34.1 Å². The molecule has 0 spiro atoms. The van der Waals surface area contributed by atoms with E-state index in [4.69, 9.17) is 5.73 Å². The summed E-state index contributed by atoms with van der Waals surface area (Å²) in [5.74, 6) is -0.439. The molecule has 0 saturated heterocycles. The molecule has 1 heterocycles. The van der Waals surface area contributed by atoms with Gasteiger partial charge >= 0.3 is 5.97 Å². The minimum atomic E-state index is -0.665. The van der Waals surface area contributed by atoms with E-state index in [0.717, 1.165) is 0 Å². The van der Waals surface area contributed by atoms with E-state index in [1.54, 1.807) is 17.9 Å². The lowest BCUT2D eigenvalue weighted by atomic mass is 10.2. The smallest absolute Gasteiger partial charge is 0.323 e. The van der Waals surface area contributed by atoms with Crippen LogP contribution in [0.5, 0.6) is 0 Å². The first-order valence-electron chi connectivity index (χ1n) is 3.82. The number of aromatic nitrogens is 3. The van der Waals surface area contributed by atoms with Crippen LogP contribution in [0.4, 0.5) is 0 Å². The Labute approximate surface area is 100.0 Å². The number of nitrogens with two attached hydrogens (primary N) is 1. The summed E-state index contributed by atoms with van der Waals surface area (Å²) in [5, 5.41) is 7.51. The molecule has 2 N–H and O–H groups in total. The minimum absolute atomic E-state index is 0. The zero-order chi connectivity index (χ0) is 9.84. The lowest BCUT2D eigenvalue weighted by molar-refractivity contribution is -0.142. The molecule has 0 aliphatic heterocycles. The third kappa shape index (κ3) is 4.96. The van der Waals surface area contributed by atoms with Gasteiger partial charge in [0.1, 0.15) is 6.04 Å². The maximum Gasteiger partial charge on any atom is 0.323 e. The molecule has 0 aliphatic rings. The van der Waals surface area contributed by atoms with Gasteiger partial charge in [0.05, 0.1) is 12.8 Å². The molecule has 88 valence electrons. The van der Waals surface area contributed by atoms with Crippen LogP contribution in [0.2, 0.25) is 0 Å². The van der Waals surface area contributed by atoms with E-state index in [9.17, 15) is 4.79 Å². The van der Waals surface area contributed by atoms with Crippen molar-refractivity contribution in [1.29, 1.82) is 0 Å². The molecule has 6 nitrogen and oxygen atoms in total. The Bertz CT molecular complexity index is 305. The van der Waals surface area contributed by atoms with E-state index < -0.39 is 12.0 Å². The molecule has 1 unspecified atom stereocenters. The molecule has 0 saturated carbocycles. The van der Waals surface area contributed by atoms with E-state index in [0.29, 0.717) is 12.1 Å². The molecule has 0 radical (unpaired) electrons. The van der Waals surface area contributed by atoms with Gasteiger partial charge < -0.3 is 10.5 Å². The summed E-state index contributed by atoms with van der Waals surface area (Å²) in [6.07, 6.45) is 2.06. The van der Waals surface area contributed by atoms with Gasteiger partial charge in [-0.15, -0.1) is 29.9 Å². The molecular formula is C7H14Cl2N4O2. The summed E-state index contributed by atoms with van der Waals surface area (Å²) in [6, 6.07) is -0.665. The van der Waals surface area contributed by atoms with Gasteiger partial charge in [0.25, 0.3) is 0 Å². The van der Waals surface area contributed by atoms with Crippen LogP contribution >= 0.6 is 24.8 Å². The van der Waals surface area contributed by atoms with Crippen LogP contribution in [-0.2, 0) is 23.0 Å². The maximum atomic E-state index is 10.9. The van der Waals surface area contributed by atoms with E-state index in [2.05, 4.69) is 15.0 Å². The maximum absolute atomic E-state index is 10.9. The van der Waals surface area contributed by atoms with Crippen LogP contribution in [0.3, 0.4) is 0 Å². The zero-order valence-corrected chi connectivity index (χ0v) is 10.0. The molecule has 8 heteroatoms. The third-order valence-electron chi connectivity index (χ3n) is 1.58. The number of aryl methyl sites for hydroxylation is 1. The van der Waals surface area contributed by atoms with Crippen molar-refractivity contribution in [3.05, 3.63) is 11.9 Å². The number of ether oxygens (including phenoxy) is 1. The van der Waals surface area contributed by atoms with Gasteiger partial charge in [-0.1, -0.05) is 5.21 Å². The Kier molecular flexibility index (Phi) is 8.22. The third-order valence-corrected chi connectivity index (χ3v) is 1.58. The molecule has 0 aliphatic carbocycles. The highest BCUT2D eigenvalue weighted by molar-refractivity contribution is 5.85. The summed E-state index contributed by atoms with van der Waals surface area (Å²) < 4.78 is 6.03. The van der Waals surface area contributed by atoms with E-state index in [-0.39, 0.29) is 24.8 Å². The van der Waals surface area contributed by atoms with E-state index in [1.807, 2.05) is 0 Å². The van der Waals surface area contributed by atoms with Gasteiger partial charge in [-0.2, -0.15) is 0 Å². The first-order valence-corrected chi connectivity index (χ1v) is 3.82. The number of methoxy groups -OCH3 is 1.